The lowest BCUT2D eigenvalue weighted by atomic mass is 10.1. The Labute approximate surface area is 170 Å². The third-order valence-corrected chi connectivity index (χ3v) is 6.66. The van der Waals surface area contributed by atoms with Crippen LogP contribution in [0.1, 0.15) is 41.2 Å². The number of thiophene rings is 1. The van der Waals surface area contributed by atoms with E-state index < -0.39 is 0 Å². The Morgan fingerprint density at radius 2 is 1.89 bits per heavy atom. The van der Waals surface area contributed by atoms with Crippen LogP contribution in [0, 0.1) is 13.8 Å². The lowest BCUT2D eigenvalue weighted by molar-refractivity contribution is 0.169. The normalized spacial score (nSPS) is 16.5. The molecule has 1 aromatic carbocycles. The maximum atomic E-state index is 4.40. The highest BCUT2D eigenvalue weighted by Crippen LogP contribution is 2.28. The molecule has 1 atom stereocenters. The fourth-order valence-electron chi connectivity index (χ4n) is 4.07. The maximum Gasteiger partial charge on any atom is 0.168 e. The molecular weight excluding hydrogens is 368 g/mol. The van der Waals surface area contributed by atoms with Crippen molar-refractivity contribution >= 4 is 17.0 Å². The number of rotatable bonds is 6. The molecular formula is C21H28N6S. The zero-order valence-electron chi connectivity index (χ0n) is 16.9. The Morgan fingerprint density at radius 1 is 1.07 bits per heavy atom. The second kappa shape index (κ2) is 8.41. The molecule has 1 saturated heterocycles. The SMILES string of the molecule is CC[C@H](c1nnnn1Cc1cccs1)N1CCN(c2cccc(C)c2C)CC1. The monoisotopic (exact) mass is 396 g/mol. The third-order valence-electron chi connectivity index (χ3n) is 5.80. The zero-order chi connectivity index (χ0) is 19.5. The van der Waals surface area contributed by atoms with E-state index in [0.717, 1.165) is 45.0 Å². The molecule has 148 valence electrons. The van der Waals surface area contributed by atoms with Crippen molar-refractivity contribution in [2.75, 3.05) is 31.1 Å². The van der Waals surface area contributed by atoms with E-state index in [1.165, 1.54) is 21.7 Å². The smallest absolute Gasteiger partial charge is 0.168 e. The standard InChI is InChI=1S/C21H28N6S/c1-4-19(21-22-23-24-27(21)15-18-8-6-14-28-18)25-10-12-26(13-11-25)20-9-5-7-16(2)17(20)3/h5-9,14,19H,4,10-13,15H2,1-3H3/t19-/m1/s1. The average Bonchev–Trinajstić information content (AvgIpc) is 3.38. The van der Waals surface area contributed by atoms with Gasteiger partial charge in [0.2, 0.25) is 0 Å². The summed E-state index contributed by atoms with van der Waals surface area (Å²) in [4.78, 5) is 6.33. The summed E-state index contributed by atoms with van der Waals surface area (Å²) in [6.45, 7) is 11.5. The largest absolute Gasteiger partial charge is 0.369 e. The molecule has 0 bridgehead atoms. The van der Waals surface area contributed by atoms with Crippen LogP contribution in [0.25, 0.3) is 0 Å². The molecule has 7 heteroatoms. The maximum absolute atomic E-state index is 4.40. The lowest BCUT2D eigenvalue weighted by Crippen LogP contribution is -2.48. The first kappa shape index (κ1) is 19.1. The summed E-state index contributed by atoms with van der Waals surface area (Å²) < 4.78 is 1.97. The number of aromatic nitrogens is 4. The van der Waals surface area contributed by atoms with Crippen LogP contribution in [0.2, 0.25) is 0 Å². The second-order valence-corrected chi connectivity index (χ2v) is 8.47. The number of piperazine rings is 1. The molecule has 1 fully saturated rings. The topological polar surface area (TPSA) is 50.1 Å². The van der Waals surface area contributed by atoms with Crippen molar-refractivity contribution in [1.29, 1.82) is 0 Å². The van der Waals surface area contributed by atoms with Gasteiger partial charge in [0.15, 0.2) is 5.82 Å². The van der Waals surface area contributed by atoms with Crippen LogP contribution < -0.4 is 4.90 Å². The van der Waals surface area contributed by atoms with Gasteiger partial charge in [-0.1, -0.05) is 25.1 Å². The van der Waals surface area contributed by atoms with Gasteiger partial charge in [-0.25, -0.2) is 4.68 Å². The number of hydrogen-bond acceptors (Lipinski definition) is 6. The Bertz CT molecular complexity index is 896. The highest BCUT2D eigenvalue weighted by molar-refractivity contribution is 7.09. The molecule has 1 aliphatic heterocycles. The number of tetrazole rings is 1. The molecule has 6 nitrogen and oxygen atoms in total. The summed E-state index contributed by atoms with van der Waals surface area (Å²) in [5, 5.41) is 14.7. The number of hydrogen-bond donors (Lipinski definition) is 0. The summed E-state index contributed by atoms with van der Waals surface area (Å²) >= 11 is 1.75. The molecule has 1 aliphatic rings. The van der Waals surface area contributed by atoms with E-state index in [4.69, 9.17) is 0 Å². The molecule has 0 aliphatic carbocycles. The van der Waals surface area contributed by atoms with Crippen LogP contribution in [0.4, 0.5) is 5.69 Å². The van der Waals surface area contributed by atoms with Crippen LogP contribution in [0.15, 0.2) is 35.7 Å². The molecule has 0 amide bonds. The quantitative estimate of drug-likeness (QED) is 0.636. The summed E-state index contributed by atoms with van der Waals surface area (Å²) in [6.07, 6.45) is 1.01. The van der Waals surface area contributed by atoms with Gasteiger partial charge in [0.1, 0.15) is 0 Å². The average molecular weight is 397 g/mol. The molecule has 0 N–H and O–H groups in total. The van der Waals surface area contributed by atoms with Crippen molar-refractivity contribution in [3.8, 4) is 0 Å². The van der Waals surface area contributed by atoms with Crippen molar-refractivity contribution in [3.63, 3.8) is 0 Å². The summed E-state index contributed by atoms with van der Waals surface area (Å²) in [7, 11) is 0. The first-order valence-corrected chi connectivity index (χ1v) is 10.9. The van der Waals surface area contributed by atoms with Gasteiger partial charge in [0.25, 0.3) is 0 Å². The highest BCUT2D eigenvalue weighted by Gasteiger charge is 2.28. The molecule has 0 unspecified atom stereocenters. The van der Waals surface area contributed by atoms with Gasteiger partial charge in [-0.15, -0.1) is 16.4 Å². The molecule has 4 rings (SSSR count). The molecule has 0 saturated carbocycles. The number of nitrogens with zero attached hydrogens (tertiary/aromatic N) is 6. The van der Waals surface area contributed by atoms with E-state index >= 15 is 0 Å². The molecule has 0 radical (unpaired) electrons. The van der Waals surface area contributed by atoms with Gasteiger partial charge in [-0.05, 0) is 59.3 Å². The number of benzene rings is 1. The van der Waals surface area contributed by atoms with Crippen molar-refractivity contribution in [1.82, 2.24) is 25.1 Å². The summed E-state index contributed by atoms with van der Waals surface area (Å²) in [5.41, 5.74) is 4.12. The highest BCUT2D eigenvalue weighted by atomic mass is 32.1. The van der Waals surface area contributed by atoms with E-state index in [9.17, 15) is 0 Å². The van der Waals surface area contributed by atoms with E-state index in [1.54, 1.807) is 11.3 Å². The van der Waals surface area contributed by atoms with Gasteiger partial charge in [-0.2, -0.15) is 0 Å². The van der Waals surface area contributed by atoms with Crippen LogP contribution in [-0.2, 0) is 6.54 Å². The first-order valence-electron chi connectivity index (χ1n) is 10.0. The zero-order valence-corrected chi connectivity index (χ0v) is 17.7. The van der Waals surface area contributed by atoms with Crippen LogP contribution >= 0.6 is 11.3 Å². The third kappa shape index (κ3) is 3.82. The minimum Gasteiger partial charge on any atom is -0.369 e. The van der Waals surface area contributed by atoms with Crippen LogP contribution in [-0.4, -0.2) is 51.3 Å². The minimum absolute atomic E-state index is 0.260. The van der Waals surface area contributed by atoms with Crippen molar-refractivity contribution in [2.45, 2.75) is 39.8 Å². The van der Waals surface area contributed by atoms with E-state index in [2.05, 4.69) is 81.8 Å². The van der Waals surface area contributed by atoms with E-state index in [-0.39, 0.29) is 6.04 Å². The van der Waals surface area contributed by atoms with E-state index in [0.29, 0.717) is 0 Å². The molecule has 0 spiro atoms. The van der Waals surface area contributed by atoms with E-state index in [1.807, 2.05) is 4.68 Å². The number of anilines is 1. The van der Waals surface area contributed by atoms with Gasteiger partial charge in [0, 0.05) is 36.7 Å². The van der Waals surface area contributed by atoms with Gasteiger partial charge >= 0.3 is 0 Å². The minimum atomic E-state index is 0.260. The molecule has 3 aromatic rings. The predicted molar refractivity (Wildman–Crippen MR) is 114 cm³/mol. The first-order chi connectivity index (χ1) is 13.7. The molecule has 28 heavy (non-hydrogen) atoms. The van der Waals surface area contributed by atoms with Gasteiger partial charge in [-0.3, -0.25) is 4.90 Å². The Morgan fingerprint density at radius 3 is 2.61 bits per heavy atom. The summed E-state index contributed by atoms with van der Waals surface area (Å²) in [5.74, 6) is 0.982. The molecule has 3 heterocycles. The van der Waals surface area contributed by atoms with Gasteiger partial charge < -0.3 is 4.90 Å². The number of aryl methyl sites for hydroxylation is 1. The van der Waals surface area contributed by atoms with Crippen molar-refractivity contribution in [3.05, 3.63) is 57.5 Å². The van der Waals surface area contributed by atoms with Crippen LogP contribution in [0.5, 0.6) is 0 Å². The Balaban J connectivity index is 1.46. The second-order valence-electron chi connectivity index (χ2n) is 7.44. The fraction of sp³-hybridized carbons (Fsp3) is 0.476. The van der Waals surface area contributed by atoms with Crippen LogP contribution in [0.3, 0.4) is 0 Å². The van der Waals surface area contributed by atoms with Crippen molar-refractivity contribution in [2.24, 2.45) is 0 Å². The lowest BCUT2D eigenvalue weighted by Gasteiger charge is -2.40. The van der Waals surface area contributed by atoms with Crippen molar-refractivity contribution < 1.29 is 0 Å². The Kier molecular flexibility index (Phi) is 5.73. The fourth-order valence-corrected chi connectivity index (χ4v) is 4.76. The summed E-state index contributed by atoms with van der Waals surface area (Å²) in [6, 6.07) is 11.1. The predicted octanol–water partition coefficient (Wildman–Crippen LogP) is 3.67. The Hall–Kier alpha value is -2.25. The van der Waals surface area contributed by atoms with Gasteiger partial charge in [0.05, 0.1) is 12.6 Å². The molecule has 2 aromatic heterocycles.